The van der Waals surface area contributed by atoms with E-state index < -0.39 is 0 Å². The van der Waals surface area contributed by atoms with Gasteiger partial charge >= 0.3 is 0 Å². The van der Waals surface area contributed by atoms with Crippen LogP contribution in [0.1, 0.15) is 74.1 Å². The van der Waals surface area contributed by atoms with Crippen LogP contribution in [-0.4, -0.2) is 23.5 Å². The second-order valence-corrected chi connectivity index (χ2v) is 4.27. The lowest BCUT2D eigenvalue weighted by Crippen LogP contribution is -2.38. The van der Waals surface area contributed by atoms with E-state index in [1.54, 1.807) is 0 Å². The summed E-state index contributed by atoms with van der Waals surface area (Å²) in [6.45, 7) is 16.7. The van der Waals surface area contributed by atoms with Crippen molar-refractivity contribution >= 4 is 0 Å². The fourth-order valence-corrected chi connectivity index (χ4v) is 2.04. The molecule has 0 aromatic carbocycles. The van der Waals surface area contributed by atoms with Crippen LogP contribution in [0.5, 0.6) is 0 Å². The van der Waals surface area contributed by atoms with E-state index in [1.165, 1.54) is 32.2 Å². The van der Waals surface area contributed by atoms with E-state index in [0.717, 1.165) is 6.04 Å². The normalized spacial score (nSPS) is 12.6. The Balaban J connectivity index is 0. The topological polar surface area (TPSA) is 3.24 Å². The van der Waals surface area contributed by atoms with Crippen molar-refractivity contribution in [2.45, 2.75) is 86.2 Å². The first kappa shape index (κ1) is 17.4. The third-order valence-electron chi connectivity index (χ3n) is 2.82. The Hall–Kier alpha value is -0.0400. The second-order valence-electron chi connectivity index (χ2n) is 4.27. The van der Waals surface area contributed by atoms with Gasteiger partial charge in [0.2, 0.25) is 0 Å². The summed E-state index contributed by atoms with van der Waals surface area (Å²) in [5.41, 5.74) is 0. The zero-order chi connectivity index (χ0) is 12.3. The minimum atomic E-state index is 0.696. The standard InChI is InChI=1S/C12H27N.C2H6/c1-6-8-9-10-12(5)13(7-2)11(3)4;1-2/h11-12H,6-10H2,1-5H3;1-2H3. The monoisotopic (exact) mass is 215 g/mol. The molecule has 0 heterocycles. The van der Waals surface area contributed by atoms with Crippen LogP contribution < -0.4 is 0 Å². The largest absolute Gasteiger partial charge is 0.299 e. The molecule has 0 radical (unpaired) electrons. The Labute approximate surface area is 98.2 Å². The number of unbranched alkanes of at least 4 members (excludes halogenated alkanes) is 2. The molecule has 94 valence electrons. The van der Waals surface area contributed by atoms with Gasteiger partial charge in [0.15, 0.2) is 0 Å². The number of nitrogens with zero attached hydrogens (tertiary/aromatic N) is 1. The van der Waals surface area contributed by atoms with Gasteiger partial charge in [0, 0.05) is 12.1 Å². The minimum Gasteiger partial charge on any atom is -0.299 e. The molecule has 0 spiro atoms. The van der Waals surface area contributed by atoms with Gasteiger partial charge in [-0.2, -0.15) is 0 Å². The van der Waals surface area contributed by atoms with Gasteiger partial charge in [0.25, 0.3) is 0 Å². The Morgan fingerprint density at radius 1 is 0.933 bits per heavy atom. The predicted molar refractivity (Wildman–Crippen MR) is 72.5 cm³/mol. The van der Waals surface area contributed by atoms with Crippen LogP contribution in [0.25, 0.3) is 0 Å². The average Bonchev–Trinajstić information content (AvgIpc) is 2.21. The highest BCUT2D eigenvalue weighted by atomic mass is 15.2. The van der Waals surface area contributed by atoms with E-state index in [9.17, 15) is 0 Å². The van der Waals surface area contributed by atoms with Crippen molar-refractivity contribution in [2.24, 2.45) is 0 Å². The maximum Gasteiger partial charge on any atom is 0.00695 e. The van der Waals surface area contributed by atoms with Gasteiger partial charge in [-0.25, -0.2) is 0 Å². The van der Waals surface area contributed by atoms with Crippen LogP contribution in [0, 0.1) is 0 Å². The van der Waals surface area contributed by atoms with E-state index in [2.05, 4.69) is 39.5 Å². The first-order valence-corrected chi connectivity index (χ1v) is 6.89. The fraction of sp³-hybridized carbons (Fsp3) is 1.00. The summed E-state index contributed by atoms with van der Waals surface area (Å²) in [7, 11) is 0. The summed E-state index contributed by atoms with van der Waals surface area (Å²) in [6, 6.07) is 1.46. The highest BCUT2D eigenvalue weighted by molar-refractivity contribution is 4.69. The van der Waals surface area contributed by atoms with Gasteiger partial charge < -0.3 is 0 Å². The molecule has 15 heavy (non-hydrogen) atoms. The highest BCUT2D eigenvalue weighted by Crippen LogP contribution is 2.12. The highest BCUT2D eigenvalue weighted by Gasteiger charge is 2.13. The third kappa shape index (κ3) is 8.92. The molecule has 0 amide bonds. The summed E-state index contributed by atoms with van der Waals surface area (Å²) < 4.78 is 0. The SMILES string of the molecule is CC.CCCCCC(C)N(CC)C(C)C. The van der Waals surface area contributed by atoms with Crippen molar-refractivity contribution in [3.8, 4) is 0 Å². The van der Waals surface area contributed by atoms with E-state index in [4.69, 9.17) is 0 Å². The van der Waals surface area contributed by atoms with Gasteiger partial charge in [-0.05, 0) is 33.7 Å². The molecule has 0 N–H and O–H groups in total. The lowest BCUT2D eigenvalue weighted by Gasteiger charge is -2.31. The molecule has 1 unspecified atom stereocenters. The zero-order valence-corrected chi connectivity index (χ0v) is 12.1. The zero-order valence-electron chi connectivity index (χ0n) is 12.1. The number of hydrogen-bond donors (Lipinski definition) is 0. The summed E-state index contributed by atoms with van der Waals surface area (Å²) >= 11 is 0. The molecule has 0 aliphatic rings. The molecule has 1 atom stereocenters. The van der Waals surface area contributed by atoms with Crippen LogP contribution in [0.3, 0.4) is 0 Å². The molecule has 1 heteroatoms. The Kier molecular flexibility index (Phi) is 13.9. The molecular weight excluding hydrogens is 182 g/mol. The molecule has 0 fully saturated rings. The van der Waals surface area contributed by atoms with Gasteiger partial charge in [-0.3, -0.25) is 4.90 Å². The Morgan fingerprint density at radius 3 is 1.80 bits per heavy atom. The molecule has 0 rings (SSSR count). The number of rotatable bonds is 7. The summed E-state index contributed by atoms with van der Waals surface area (Å²) in [6.07, 6.45) is 5.47. The van der Waals surface area contributed by atoms with Crippen molar-refractivity contribution in [1.82, 2.24) is 4.90 Å². The van der Waals surface area contributed by atoms with Gasteiger partial charge in [-0.15, -0.1) is 0 Å². The smallest absolute Gasteiger partial charge is 0.00695 e. The maximum atomic E-state index is 2.58. The van der Waals surface area contributed by atoms with Gasteiger partial charge in [0.1, 0.15) is 0 Å². The predicted octanol–water partition coefficient (Wildman–Crippen LogP) is 4.71. The van der Waals surface area contributed by atoms with Gasteiger partial charge in [0.05, 0.1) is 0 Å². The van der Waals surface area contributed by atoms with Gasteiger partial charge in [-0.1, -0.05) is 47.0 Å². The summed E-state index contributed by atoms with van der Waals surface area (Å²) in [5.74, 6) is 0. The average molecular weight is 215 g/mol. The molecule has 0 saturated carbocycles. The van der Waals surface area contributed by atoms with Crippen LogP contribution in [-0.2, 0) is 0 Å². The molecule has 0 saturated heterocycles. The lowest BCUT2D eigenvalue weighted by molar-refractivity contribution is 0.163. The second kappa shape index (κ2) is 12.0. The number of hydrogen-bond acceptors (Lipinski definition) is 1. The molecule has 0 bridgehead atoms. The lowest BCUT2D eigenvalue weighted by atomic mass is 10.1. The molecule has 1 nitrogen and oxygen atoms in total. The van der Waals surface area contributed by atoms with E-state index >= 15 is 0 Å². The fourth-order valence-electron chi connectivity index (χ4n) is 2.04. The van der Waals surface area contributed by atoms with Crippen LogP contribution in [0.4, 0.5) is 0 Å². The summed E-state index contributed by atoms with van der Waals surface area (Å²) in [4.78, 5) is 2.58. The van der Waals surface area contributed by atoms with Crippen molar-refractivity contribution in [1.29, 1.82) is 0 Å². The minimum absolute atomic E-state index is 0.696. The van der Waals surface area contributed by atoms with E-state index in [0.29, 0.717) is 6.04 Å². The Bertz CT molecular complexity index is 110. The van der Waals surface area contributed by atoms with Crippen molar-refractivity contribution in [3.63, 3.8) is 0 Å². The van der Waals surface area contributed by atoms with Crippen LogP contribution >= 0.6 is 0 Å². The van der Waals surface area contributed by atoms with E-state index in [-0.39, 0.29) is 0 Å². The van der Waals surface area contributed by atoms with Crippen molar-refractivity contribution in [2.75, 3.05) is 6.54 Å². The maximum absolute atomic E-state index is 2.58. The molecular formula is C14H33N. The van der Waals surface area contributed by atoms with Crippen LogP contribution in [0.15, 0.2) is 0 Å². The van der Waals surface area contributed by atoms with Crippen LogP contribution in [0.2, 0.25) is 0 Å². The first-order valence-electron chi connectivity index (χ1n) is 6.89. The third-order valence-corrected chi connectivity index (χ3v) is 2.82. The quantitative estimate of drug-likeness (QED) is 0.556. The molecule has 0 aromatic rings. The van der Waals surface area contributed by atoms with E-state index in [1.807, 2.05) is 13.8 Å². The first-order chi connectivity index (χ1) is 7.13. The van der Waals surface area contributed by atoms with Crippen molar-refractivity contribution < 1.29 is 0 Å². The molecule has 0 aliphatic heterocycles. The van der Waals surface area contributed by atoms with Crippen molar-refractivity contribution in [3.05, 3.63) is 0 Å². The summed E-state index contributed by atoms with van der Waals surface area (Å²) in [5, 5.41) is 0. The molecule has 0 aliphatic carbocycles. The molecule has 0 aromatic heterocycles. The Morgan fingerprint density at radius 2 is 1.47 bits per heavy atom.